The molecule has 0 aliphatic carbocycles. The molecule has 8 heteroatoms. The van der Waals surface area contributed by atoms with E-state index in [1.165, 1.54) is 13.2 Å². The minimum absolute atomic E-state index is 0.0452. The first-order chi connectivity index (χ1) is 9.63. The average Bonchev–Trinajstić information content (AvgIpc) is 2.43. The van der Waals surface area contributed by atoms with Crippen molar-refractivity contribution < 1.29 is 27.6 Å². The number of benzene rings is 1. The van der Waals surface area contributed by atoms with E-state index in [1.54, 1.807) is 6.92 Å². The Labute approximate surface area is 119 Å². The van der Waals surface area contributed by atoms with Crippen molar-refractivity contribution in [2.24, 2.45) is 4.40 Å². The van der Waals surface area contributed by atoms with E-state index in [0.29, 0.717) is 0 Å². The number of hydrogen-bond acceptors (Lipinski definition) is 5. The summed E-state index contributed by atoms with van der Waals surface area (Å²) in [7, 11) is 1.42. The minimum Gasteiger partial charge on any atom is -0.467 e. The molecule has 0 heterocycles. The van der Waals surface area contributed by atoms with Crippen LogP contribution >= 0.6 is 0 Å². The third-order valence-electron chi connectivity index (χ3n) is 2.14. The zero-order valence-electron chi connectivity index (χ0n) is 11.0. The van der Waals surface area contributed by atoms with Gasteiger partial charge in [0, 0.05) is 7.11 Å². The summed E-state index contributed by atoms with van der Waals surface area (Å²) in [5, 5.41) is 0. The third kappa shape index (κ3) is 4.39. The molecule has 0 amide bonds. The number of ether oxygens (including phenoxy) is 3. The monoisotopic (exact) mass is 303 g/mol. The van der Waals surface area contributed by atoms with Gasteiger partial charge in [-0.25, -0.2) is 13.4 Å². The largest absolute Gasteiger partial charge is 0.467 e. The van der Waals surface area contributed by atoms with Crippen LogP contribution in [-0.2, 0) is 26.1 Å². The Morgan fingerprint density at radius 1 is 1.45 bits per heavy atom. The fourth-order valence-electron chi connectivity index (χ4n) is 1.38. The molecule has 110 valence electrons. The highest BCUT2D eigenvalue weighted by Gasteiger charge is 2.20. The van der Waals surface area contributed by atoms with E-state index in [1.807, 2.05) is 0 Å². The van der Waals surface area contributed by atoms with Crippen LogP contribution in [-0.4, -0.2) is 36.4 Å². The highest BCUT2D eigenvalue weighted by Crippen LogP contribution is 2.21. The SMILES string of the molecule is CCOC(=O)/C(=N\[SH]=O)c1cc(F)ccc1OCOC. The van der Waals surface area contributed by atoms with E-state index in [-0.39, 0.29) is 30.4 Å². The Balaban J connectivity index is 3.23. The van der Waals surface area contributed by atoms with Crippen molar-refractivity contribution in [1.82, 2.24) is 0 Å². The molecule has 0 saturated carbocycles. The maximum Gasteiger partial charge on any atom is 0.358 e. The van der Waals surface area contributed by atoms with Gasteiger partial charge in [-0.05, 0) is 25.1 Å². The molecule has 0 unspecified atom stereocenters. The second-order valence-corrected chi connectivity index (χ2v) is 3.81. The van der Waals surface area contributed by atoms with Gasteiger partial charge in [0.05, 0.1) is 12.2 Å². The maximum atomic E-state index is 13.3. The summed E-state index contributed by atoms with van der Waals surface area (Å²) in [5.74, 6) is -1.24. The van der Waals surface area contributed by atoms with Crippen LogP contribution in [0.1, 0.15) is 12.5 Å². The van der Waals surface area contributed by atoms with Crippen molar-refractivity contribution in [3.05, 3.63) is 29.6 Å². The first kappa shape index (κ1) is 16.3. The van der Waals surface area contributed by atoms with Crippen LogP contribution in [0.3, 0.4) is 0 Å². The molecule has 0 N–H and O–H groups in total. The zero-order chi connectivity index (χ0) is 15.0. The molecule has 0 bridgehead atoms. The van der Waals surface area contributed by atoms with Gasteiger partial charge < -0.3 is 14.2 Å². The molecule has 0 aliphatic rings. The fraction of sp³-hybridized carbons (Fsp3) is 0.333. The van der Waals surface area contributed by atoms with Gasteiger partial charge in [0.2, 0.25) is 0 Å². The van der Waals surface area contributed by atoms with Crippen LogP contribution in [0, 0.1) is 5.82 Å². The van der Waals surface area contributed by atoms with E-state index >= 15 is 0 Å². The number of thiol groups is 1. The molecule has 1 aromatic carbocycles. The van der Waals surface area contributed by atoms with Gasteiger partial charge in [-0.2, -0.15) is 4.40 Å². The summed E-state index contributed by atoms with van der Waals surface area (Å²) < 4.78 is 42.2. The number of hydrogen-bond donors (Lipinski definition) is 1. The van der Waals surface area contributed by atoms with Crippen molar-refractivity contribution >= 4 is 23.5 Å². The van der Waals surface area contributed by atoms with E-state index in [4.69, 9.17) is 14.2 Å². The number of nitrogens with zero attached hydrogens (tertiary/aromatic N) is 1. The van der Waals surface area contributed by atoms with Gasteiger partial charge in [0.15, 0.2) is 12.5 Å². The molecule has 0 spiro atoms. The molecule has 1 aromatic rings. The molecule has 0 saturated heterocycles. The topological polar surface area (TPSA) is 74.2 Å². The summed E-state index contributed by atoms with van der Waals surface area (Å²) >= 11 is -0.645. The summed E-state index contributed by atoms with van der Waals surface area (Å²) in [6, 6.07) is 3.53. The number of methoxy groups -OCH3 is 1. The third-order valence-corrected chi connectivity index (χ3v) is 2.42. The van der Waals surface area contributed by atoms with Crippen molar-refractivity contribution in [2.45, 2.75) is 6.92 Å². The Hall–Kier alpha value is -1.80. The van der Waals surface area contributed by atoms with Crippen molar-refractivity contribution in [3.8, 4) is 5.75 Å². The lowest BCUT2D eigenvalue weighted by Gasteiger charge is -2.11. The molecule has 20 heavy (non-hydrogen) atoms. The lowest BCUT2D eigenvalue weighted by atomic mass is 10.1. The molecule has 0 fully saturated rings. The predicted octanol–water partition coefficient (Wildman–Crippen LogP) is 1.02. The van der Waals surface area contributed by atoms with Gasteiger partial charge in [-0.1, -0.05) is 0 Å². The standard InChI is InChI=1S/C12H14FNO5S/c1-3-18-12(15)11(14-20-16)9-6-8(13)4-5-10(9)19-7-17-2/h4-6,20H,3,7H2,1-2H3/b14-11-. The van der Waals surface area contributed by atoms with Gasteiger partial charge >= 0.3 is 5.97 Å². The molecule has 0 radical (unpaired) electrons. The van der Waals surface area contributed by atoms with Crippen LogP contribution in [0.2, 0.25) is 0 Å². The minimum atomic E-state index is -0.816. The van der Waals surface area contributed by atoms with Crippen molar-refractivity contribution in [1.29, 1.82) is 0 Å². The molecule has 0 atom stereocenters. The lowest BCUT2D eigenvalue weighted by molar-refractivity contribution is -0.134. The lowest BCUT2D eigenvalue weighted by Crippen LogP contribution is -2.20. The summed E-state index contributed by atoms with van der Waals surface area (Å²) in [5.41, 5.74) is -0.238. The number of esters is 1. The smallest absolute Gasteiger partial charge is 0.358 e. The van der Waals surface area contributed by atoms with Crippen molar-refractivity contribution in [3.63, 3.8) is 0 Å². The summed E-state index contributed by atoms with van der Waals surface area (Å²) in [6.45, 7) is 1.62. The van der Waals surface area contributed by atoms with Gasteiger partial charge in [-0.3, -0.25) is 0 Å². The molecular formula is C12H14FNO5S. The van der Waals surface area contributed by atoms with Crippen LogP contribution in [0.5, 0.6) is 5.75 Å². The van der Waals surface area contributed by atoms with E-state index in [9.17, 15) is 13.4 Å². The van der Waals surface area contributed by atoms with E-state index < -0.39 is 23.6 Å². The maximum absolute atomic E-state index is 13.3. The second-order valence-electron chi connectivity index (χ2n) is 3.44. The highest BCUT2D eigenvalue weighted by molar-refractivity contribution is 7.64. The number of carbonyl (C=O) groups excluding carboxylic acids is 1. The van der Waals surface area contributed by atoms with Crippen LogP contribution in [0.25, 0.3) is 0 Å². The van der Waals surface area contributed by atoms with Gasteiger partial charge in [0.25, 0.3) is 0 Å². The number of carbonyl (C=O) groups is 1. The van der Waals surface area contributed by atoms with Crippen LogP contribution in [0.4, 0.5) is 4.39 Å². The highest BCUT2D eigenvalue weighted by atomic mass is 32.2. The Morgan fingerprint density at radius 2 is 2.20 bits per heavy atom. The molecule has 0 aromatic heterocycles. The Bertz CT molecular complexity index is 521. The first-order valence-corrected chi connectivity index (χ1v) is 6.39. The summed E-state index contributed by atoms with van der Waals surface area (Å²) in [6.07, 6.45) is 0. The number of rotatable bonds is 7. The van der Waals surface area contributed by atoms with Gasteiger partial charge in [-0.15, -0.1) is 0 Å². The number of halogens is 1. The zero-order valence-corrected chi connectivity index (χ0v) is 11.9. The second kappa shape index (κ2) is 8.39. The normalized spacial score (nSPS) is 11.2. The molecule has 0 aliphatic heterocycles. The van der Waals surface area contributed by atoms with E-state index in [2.05, 4.69) is 4.40 Å². The Kier molecular flexibility index (Phi) is 6.82. The first-order valence-electron chi connectivity index (χ1n) is 5.63. The van der Waals surface area contributed by atoms with Crippen LogP contribution in [0.15, 0.2) is 22.6 Å². The van der Waals surface area contributed by atoms with Crippen LogP contribution < -0.4 is 4.74 Å². The van der Waals surface area contributed by atoms with Gasteiger partial charge in [0.1, 0.15) is 23.4 Å². The molecule has 6 nitrogen and oxygen atoms in total. The summed E-state index contributed by atoms with van der Waals surface area (Å²) in [4.78, 5) is 11.8. The fourth-order valence-corrected chi connectivity index (χ4v) is 1.65. The predicted molar refractivity (Wildman–Crippen MR) is 71.6 cm³/mol. The van der Waals surface area contributed by atoms with Crippen molar-refractivity contribution in [2.75, 3.05) is 20.5 Å². The molecular weight excluding hydrogens is 289 g/mol. The average molecular weight is 303 g/mol. The Morgan fingerprint density at radius 3 is 2.80 bits per heavy atom. The van der Waals surface area contributed by atoms with E-state index in [0.717, 1.165) is 12.1 Å². The molecule has 1 rings (SSSR count). The quantitative estimate of drug-likeness (QED) is 0.352.